The van der Waals surface area contributed by atoms with Crippen LogP contribution >= 0.6 is 15.9 Å². The van der Waals surface area contributed by atoms with E-state index >= 15 is 0 Å². The summed E-state index contributed by atoms with van der Waals surface area (Å²) in [5.41, 5.74) is 1.15. The Morgan fingerprint density at radius 1 is 1.53 bits per heavy atom. The smallest absolute Gasteiger partial charge is 0.137 e. The first-order valence-corrected chi connectivity index (χ1v) is 6.65. The zero-order valence-electron chi connectivity index (χ0n) is 9.84. The molecule has 1 aliphatic rings. The van der Waals surface area contributed by atoms with Crippen molar-refractivity contribution < 1.29 is 9.50 Å². The van der Waals surface area contributed by atoms with E-state index in [4.69, 9.17) is 0 Å². The van der Waals surface area contributed by atoms with Gasteiger partial charge >= 0.3 is 0 Å². The molecule has 17 heavy (non-hydrogen) atoms. The molecule has 0 saturated heterocycles. The fourth-order valence-electron chi connectivity index (χ4n) is 1.84. The molecule has 0 spiro atoms. The Bertz CT molecular complexity index is 406. The summed E-state index contributed by atoms with van der Waals surface area (Å²) < 4.78 is 13.6. The van der Waals surface area contributed by atoms with Crippen LogP contribution in [0.25, 0.3) is 0 Å². The van der Waals surface area contributed by atoms with E-state index in [2.05, 4.69) is 21.2 Å². The van der Waals surface area contributed by atoms with Crippen LogP contribution in [0, 0.1) is 11.2 Å². The molecule has 0 heterocycles. The first kappa shape index (κ1) is 13.0. The molecule has 1 aliphatic carbocycles. The Morgan fingerprint density at radius 2 is 2.24 bits per heavy atom. The summed E-state index contributed by atoms with van der Waals surface area (Å²) in [6, 6.07) is 5.22. The minimum atomic E-state index is -0.241. The van der Waals surface area contributed by atoms with Gasteiger partial charge in [-0.1, -0.05) is 6.07 Å². The molecule has 94 valence electrons. The molecular formula is C13H17BrFNO. The van der Waals surface area contributed by atoms with Gasteiger partial charge in [0.15, 0.2) is 0 Å². The Labute approximate surface area is 109 Å². The SMILES string of the molecule is CC(NCC1(CO)CC1)c1ccc(F)c(Br)c1. The van der Waals surface area contributed by atoms with Crippen molar-refractivity contribution in [3.8, 4) is 0 Å². The van der Waals surface area contributed by atoms with Gasteiger partial charge in [0.25, 0.3) is 0 Å². The van der Waals surface area contributed by atoms with Gasteiger partial charge in [-0.15, -0.1) is 0 Å². The monoisotopic (exact) mass is 301 g/mol. The predicted octanol–water partition coefficient (Wildman–Crippen LogP) is 3.01. The highest BCUT2D eigenvalue weighted by Gasteiger charge is 2.41. The topological polar surface area (TPSA) is 32.3 Å². The second-order valence-electron chi connectivity index (χ2n) is 4.93. The molecule has 2 N–H and O–H groups in total. The fraction of sp³-hybridized carbons (Fsp3) is 0.538. The lowest BCUT2D eigenvalue weighted by atomic mass is 10.1. The highest BCUT2D eigenvalue weighted by atomic mass is 79.9. The van der Waals surface area contributed by atoms with Gasteiger partial charge in [0.2, 0.25) is 0 Å². The second kappa shape index (κ2) is 5.04. The van der Waals surface area contributed by atoms with E-state index in [0.29, 0.717) is 4.47 Å². The lowest BCUT2D eigenvalue weighted by Crippen LogP contribution is -2.28. The van der Waals surface area contributed by atoms with Crippen molar-refractivity contribution >= 4 is 15.9 Å². The van der Waals surface area contributed by atoms with Crippen LogP contribution in [-0.4, -0.2) is 18.3 Å². The summed E-state index contributed by atoms with van der Waals surface area (Å²) in [7, 11) is 0. The van der Waals surface area contributed by atoms with Crippen molar-refractivity contribution in [1.82, 2.24) is 5.32 Å². The summed E-state index contributed by atoms with van der Waals surface area (Å²) in [6.07, 6.45) is 2.19. The van der Waals surface area contributed by atoms with Crippen molar-refractivity contribution in [2.75, 3.05) is 13.2 Å². The van der Waals surface area contributed by atoms with Gasteiger partial charge in [0, 0.05) is 24.6 Å². The average molecular weight is 302 g/mol. The number of aliphatic hydroxyl groups excluding tert-OH is 1. The average Bonchev–Trinajstić information content (AvgIpc) is 3.10. The van der Waals surface area contributed by atoms with Gasteiger partial charge in [0.05, 0.1) is 4.47 Å². The molecule has 1 unspecified atom stereocenters. The van der Waals surface area contributed by atoms with Crippen molar-refractivity contribution in [1.29, 1.82) is 0 Å². The molecule has 0 radical (unpaired) electrons. The molecular weight excluding hydrogens is 285 g/mol. The Balaban J connectivity index is 1.95. The van der Waals surface area contributed by atoms with E-state index in [0.717, 1.165) is 24.9 Å². The van der Waals surface area contributed by atoms with Crippen LogP contribution in [0.2, 0.25) is 0 Å². The number of halogens is 2. The summed E-state index contributed by atoms with van der Waals surface area (Å²) >= 11 is 3.19. The summed E-state index contributed by atoms with van der Waals surface area (Å²) in [5, 5.41) is 12.6. The highest BCUT2D eigenvalue weighted by Crippen LogP contribution is 2.44. The third-order valence-electron chi connectivity index (χ3n) is 3.52. The number of rotatable bonds is 5. The van der Waals surface area contributed by atoms with E-state index in [-0.39, 0.29) is 23.9 Å². The third-order valence-corrected chi connectivity index (χ3v) is 4.13. The molecule has 0 bridgehead atoms. The van der Waals surface area contributed by atoms with Gasteiger partial charge in [0.1, 0.15) is 5.82 Å². The minimum absolute atomic E-state index is 0.103. The second-order valence-corrected chi connectivity index (χ2v) is 5.79. The lowest BCUT2D eigenvalue weighted by molar-refractivity contribution is 0.204. The molecule has 0 amide bonds. The molecule has 1 fully saturated rings. The number of hydrogen-bond acceptors (Lipinski definition) is 2. The van der Waals surface area contributed by atoms with Gasteiger partial charge < -0.3 is 10.4 Å². The van der Waals surface area contributed by atoms with E-state index in [9.17, 15) is 9.50 Å². The molecule has 2 nitrogen and oxygen atoms in total. The molecule has 4 heteroatoms. The molecule has 0 aromatic heterocycles. The number of nitrogens with one attached hydrogen (secondary N) is 1. The molecule has 1 aromatic rings. The summed E-state index contributed by atoms with van der Waals surface area (Å²) in [4.78, 5) is 0. The van der Waals surface area contributed by atoms with E-state index in [1.54, 1.807) is 12.1 Å². The number of aliphatic hydroxyl groups is 1. The van der Waals surface area contributed by atoms with Crippen LogP contribution in [0.1, 0.15) is 31.4 Å². The first-order chi connectivity index (χ1) is 8.06. The van der Waals surface area contributed by atoms with Gasteiger partial charge in [-0.2, -0.15) is 0 Å². The summed E-state index contributed by atoms with van der Waals surface area (Å²) in [6.45, 7) is 3.12. The van der Waals surface area contributed by atoms with Crippen LogP contribution in [-0.2, 0) is 0 Å². The van der Waals surface area contributed by atoms with Crippen LogP contribution in [0.15, 0.2) is 22.7 Å². The maximum Gasteiger partial charge on any atom is 0.137 e. The highest BCUT2D eigenvalue weighted by molar-refractivity contribution is 9.10. The summed E-state index contributed by atoms with van der Waals surface area (Å²) in [5.74, 6) is -0.241. The van der Waals surface area contributed by atoms with Crippen LogP contribution in [0.5, 0.6) is 0 Å². The normalized spacial score (nSPS) is 19.1. The molecule has 1 atom stereocenters. The molecule has 1 saturated carbocycles. The van der Waals surface area contributed by atoms with Crippen LogP contribution < -0.4 is 5.32 Å². The van der Waals surface area contributed by atoms with Crippen LogP contribution in [0.4, 0.5) is 4.39 Å². The fourth-order valence-corrected chi connectivity index (χ4v) is 2.23. The van der Waals surface area contributed by atoms with E-state index < -0.39 is 0 Å². The molecule has 1 aromatic carbocycles. The van der Waals surface area contributed by atoms with E-state index in [1.165, 1.54) is 6.07 Å². The third kappa shape index (κ3) is 3.06. The Morgan fingerprint density at radius 3 is 2.76 bits per heavy atom. The zero-order valence-corrected chi connectivity index (χ0v) is 11.4. The van der Waals surface area contributed by atoms with Crippen molar-refractivity contribution in [3.05, 3.63) is 34.1 Å². The van der Waals surface area contributed by atoms with Gasteiger partial charge in [-0.05, 0) is 53.4 Å². The first-order valence-electron chi connectivity index (χ1n) is 5.85. The van der Waals surface area contributed by atoms with Crippen molar-refractivity contribution in [2.24, 2.45) is 5.41 Å². The van der Waals surface area contributed by atoms with Gasteiger partial charge in [-0.25, -0.2) is 4.39 Å². The Kier molecular flexibility index (Phi) is 3.85. The Hall–Kier alpha value is -0.450. The molecule has 2 rings (SSSR count). The quantitative estimate of drug-likeness (QED) is 0.876. The maximum atomic E-state index is 13.1. The van der Waals surface area contributed by atoms with E-state index in [1.807, 2.05) is 6.92 Å². The predicted molar refractivity (Wildman–Crippen MR) is 69.3 cm³/mol. The zero-order chi connectivity index (χ0) is 12.5. The largest absolute Gasteiger partial charge is 0.396 e. The van der Waals surface area contributed by atoms with Crippen molar-refractivity contribution in [2.45, 2.75) is 25.8 Å². The standard InChI is InChI=1S/C13H17BrFNO/c1-9(16-7-13(8-17)4-5-13)10-2-3-12(15)11(14)6-10/h2-3,6,9,16-17H,4-5,7-8H2,1H3. The minimum Gasteiger partial charge on any atom is -0.396 e. The number of hydrogen-bond donors (Lipinski definition) is 2. The molecule has 0 aliphatic heterocycles. The van der Waals surface area contributed by atoms with Crippen LogP contribution in [0.3, 0.4) is 0 Å². The lowest BCUT2D eigenvalue weighted by Gasteiger charge is -2.19. The number of benzene rings is 1. The maximum absolute atomic E-state index is 13.1. The van der Waals surface area contributed by atoms with Gasteiger partial charge in [-0.3, -0.25) is 0 Å². The van der Waals surface area contributed by atoms with Crippen molar-refractivity contribution in [3.63, 3.8) is 0 Å².